The van der Waals surface area contributed by atoms with Crippen molar-refractivity contribution < 1.29 is 22.3 Å². The van der Waals surface area contributed by atoms with E-state index in [4.69, 9.17) is 4.74 Å². The highest BCUT2D eigenvalue weighted by Gasteiger charge is 2.21. The molecule has 0 spiro atoms. The largest absolute Gasteiger partial charge is 0.494 e. The summed E-state index contributed by atoms with van der Waals surface area (Å²) < 4.78 is 45.4. The van der Waals surface area contributed by atoms with Gasteiger partial charge in [0.05, 0.1) is 25.1 Å². The van der Waals surface area contributed by atoms with Crippen LogP contribution in [-0.4, -0.2) is 33.2 Å². The van der Waals surface area contributed by atoms with Gasteiger partial charge in [-0.25, -0.2) is 12.8 Å². The third-order valence-corrected chi connectivity index (χ3v) is 6.68. The fourth-order valence-electron chi connectivity index (χ4n) is 3.71. The summed E-state index contributed by atoms with van der Waals surface area (Å²) in [6.07, 6.45) is 2.71. The van der Waals surface area contributed by atoms with Crippen LogP contribution in [0.15, 0.2) is 72.8 Å². The van der Waals surface area contributed by atoms with E-state index in [0.29, 0.717) is 29.2 Å². The van der Waals surface area contributed by atoms with Crippen molar-refractivity contribution in [2.45, 2.75) is 39.3 Å². The Morgan fingerprint density at radius 2 is 1.74 bits per heavy atom. The van der Waals surface area contributed by atoms with E-state index >= 15 is 0 Å². The van der Waals surface area contributed by atoms with Crippen molar-refractivity contribution in [3.05, 3.63) is 95.3 Å². The van der Waals surface area contributed by atoms with Gasteiger partial charge in [-0.1, -0.05) is 30.3 Å². The van der Waals surface area contributed by atoms with Crippen molar-refractivity contribution in [1.82, 2.24) is 5.32 Å². The summed E-state index contributed by atoms with van der Waals surface area (Å²) >= 11 is 0. The summed E-state index contributed by atoms with van der Waals surface area (Å²) in [6, 6.07) is 20.2. The SMILES string of the molecule is CCOc1ccc(C(=O)N[C@H](C)CCc2ccccc2)cc1CN(c1ccc(F)cc1)S(C)(=O)=O. The van der Waals surface area contributed by atoms with E-state index in [0.717, 1.165) is 23.4 Å². The maximum Gasteiger partial charge on any atom is 0.251 e. The number of rotatable bonds is 11. The second-order valence-corrected chi connectivity index (χ2v) is 10.3. The summed E-state index contributed by atoms with van der Waals surface area (Å²) in [6.45, 7) is 4.10. The second kappa shape index (κ2) is 11.8. The van der Waals surface area contributed by atoms with Gasteiger partial charge in [0, 0.05) is 17.2 Å². The molecule has 0 aliphatic heterocycles. The van der Waals surface area contributed by atoms with Gasteiger partial charge in [-0.15, -0.1) is 0 Å². The van der Waals surface area contributed by atoms with Crippen LogP contribution in [0.5, 0.6) is 5.75 Å². The van der Waals surface area contributed by atoms with Crippen LogP contribution in [-0.2, 0) is 23.0 Å². The van der Waals surface area contributed by atoms with Crippen LogP contribution in [0, 0.1) is 5.82 Å². The van der Waals surface area contributed by atoms with Gasteiger partial charge < -0.3 is 10.1 Å². The normalized spacial score (nSPS) is 12.1. The van der Waals surface area contributed by atoms with Crippen LogP contribution in [0.4, 0.5) is 10.1 Å². The Morgan fingerprint density at radius 3 is 2.37 bits per heavy atom. The van der Waals surface area contributed by atoms with E-state index in [1.165, 1.54) is 29.8 Å². The molecule has 0 heterocycles. The van der Waals surface area contributed by atoms with Crippen LogP contribution in [0.1, 0.15) is 41.8 Å². The standard InChI is InChI=1S/C27H31FN2O4S/c1-4-34-26-17-12-22(27(31)29-20(2)10-11-21-8-6-5-7-9-21)18-23(26)19-30(35(3,32)33)25-15-13-24(28)14-16-25/h5-9,12-18,20H,4,10-11,19H2,1-3H3,(H,29,31)/t20-/m1/s1. The van der Waals surface area contributed by atoms with Crippen LogP contribution in [0.2, 0.25) is 0 Å². The molecule has 0 saturated carbocycles. The average molecular weight is 499 g/mol. The molecule has 35 heavy (non-hydrogen) atoms. The minimum absolute atomic E-state index is 0.0514. The van der Waals surface area contributed by atoms with Gasteiger partial charge in [0.25, 0.3) is 5.91 Å². The number of sulfonamides is 1. The van der Waals surface area contributed by atoms with Crippen molar-refractivity contribution in [2.75, 3.05) is 17.2 Å². The number of carbonyl (C=O) groups is 1. The number of ether oxygens (including phenoxy) is 1. The lowest BCUT2D eigenvalue weighted by Gasteiger charge is -2.24. The van der Waals surface area contributed by atoms with E-state index in [1.54, 1.807) is 18.2 Å². The highest BCUT2D eigenvalue weighted by molar-refractivity contribution is 7.92. The number of aryl methyl sites for hydroxylation is 1. The minimum atomic E-state index is -3.69. The Kier molecular flexibility index (Phi) is 8.87. The summed E-state index contributed by atoms with van der Waals surface area (Å²) in [5.41, 5.74) is 2.47. The molecule has 8 heteroatoms. The predicted octanol–water partition coefficient (Wildman–Crippen LogP) is 4.94. The number of amides is 1. The van der Waals surface area contributed by atoms with Gasteiger partial charge in [-0.05, 0) is 74.7 Å². The molecule has 1 atom stereocenters. The van der Waals surface area contributed by atoms with Crippen molar-refractivity contribution in [3.63, 3.8) is 0 Å². The molecular weight excluding hydrogens is 467 g/mol. The van der Waals surface area contributed by atoms with E-state index in [-0.39, 0.29) is 18.5 Å². The molecule has 0 aliphatic rings. The molecule has 0 radical (unpaired) electrons. The zero-order valence-electron chi connectivity index (χ0n) is 20.2. The van der Waals surface area contributed by atoms with Crippen LogP contribution >= 0.6 is 0 Å². The van der Waals surface area contributed by atoms with E-state index < -0.39 is 15.8 Å². The molecule has 0 saturated heterocycles. The second-order valence-electron chi connectivity index (χ2n) is 8.40. The third-order valence-electron chi connectivity index (χ3n) is 5.54. The lowest BCUT2D eigenvalue weighted by Crippen LogP contribution is -2.33. The Hall–Kier alpha value is -3.39. The van der Waals surface area contributed by atoms with E-state index in [2.05, 4.69) is 17.4 Å². The minimum Gasteiger partial charge on any atom is -0.494 e. The Balaban J connectivity index is 1.80. The zero-order chi connectivity index (χ0) is 25.4. The van der Waals surface area contributed by atoms with Crippen molar-refractivity contribution in [3.8, 4) is 5.75 Å². The molecule has 3 rings (SSSR count). The number of nitrogens with one attached hydrogen (secondary N) is 1. The quantitative estimate of drug-likeness (QED) is 0.406. The maximum atomic E-state index is 13.4. The molecule has 1 N–H and O–H groups in total. The number of hydrogen-bond acceptors (Lipinski definition) is 4. The number of anilines is 1. The molecule has 0 aliphatic carbocycles. The van der Waals surface area contributed by atoms with Gasteiger partial charge in [0.1, 0.15) is 11.6 Å². The first kappa shape index (κ1) is 26.2. The number of hydrogen-bond donors (Lipinski definition) is 1. The van der Waals surface area contributed by atoms with Crippen LogP contribution in [0.25, 0.3) is 0 Å². The molecule has 1 amide bonds. The molecule has 0 aromatic heterocycles. The molecule has 3 aromatic rings. The molecule has 186 valence electrons. The Morgan fingerprint density at radius 1 is 1.06 bits per heavy atom. The van der Waals surface area contributed by atoms with Crippen molar-refractivity contribution >= 4 is 21.6 Å². The highest BCUT2D eigenvalue weighted by atomic mass is 32.2. The number of nitrogens with zero attached hydrogens (tertiary/aromatic N) is 1. The summed E-state index contributed by atoms with van der Waals surface area (Å²) in [7, 11) is -3.69. The first-order valence-corrected chi connectivity index (χ1v) is 13.4. The van der Waals surface area contributed by atoms with Gasteiger partial charge in [0.15, 0.2) is 0 Å². The van der Waals surface area contributed by atoms with Crippen LogP contribution < -0.4 is 14.4 Å². The third kappa shape index (κ3) is 7.55. The van der Waals surface area contributed by atoms with Crippen LogP contribution in [0.3, 0.4) is 0 Å². The molecule has 0 bridgehead atoms. The van der Waals surface area contributed by atoms with Gasteiger partial charge in [0.2, 0.25) is 10.0 Å². The van der Waals surface area contributed by atoms with Gasteiger partial charge in [-0.3, -0.25) is 9.10 Å². The molecule has 0 unspecified atom stereocenters. The first-order chi connectivity index (χ1) is 16.7. The predicted molar refractivity (Wildman–Crippen MR) is 137 cm³/mol. The topological polar surface area (TPSA) is 75.7 Å². The first-order valence-electron chi connectivity index (χ1n) is 11.5. The van der Waals surface area contributed by atoms with Crippen molar-refractivity contribution in [1.29, 1.82) is 0 Å². The lowest BCUT2D eigenvalue weighted by molar-refractivity contribution is 0.0938. The monoisotopic (exact) mass is 498 g/mol. The van der Waals surface area contributed by atoms with Gasteiger partial charge >= 0.3 is 0 Å². The fraction of sp³-hybridized carbons (Fsp3) is 0.296. The summed E-state index contributed by atoms with van der Waals surface area (Å²) in [5, 5.41) is 3.01. The Labute approximate surface area is 206 Å². The molecule has 0 fully saturated rings. The number of benzene rings is 3. The smallest absolute Gasteiger partial charge is 0.251 e. The number of halogens is 1. The molecule has 3 aromatic carbocycles. The van der Waals surface area contributed by atoms with Crippen molar-refractivity contribution in [2.24, 2.45) is 0 Å². The average Bonchev–Trinajstić information content (AvgIpc) is 2.83. The Bertz CT molecular complexity index is 1230. The van der Waals surface area contributed by atoms with Gasteiger partial charge in [-0.2, -0.15) is 0 Å². The maximum absolute atomic E-state index is 13.4. The highest BCUT2D eigenvalue weighted by Crippen LogP contribution is 2.27. The van der Waals surface area contributed by atoms with E-state index in [9.17, 15) is 17.6 Å². The van der Waals surface area contributed by atoms with E-state index in [1.807, 2.05) is 32.0 Å². The summed E-state index contributed by atoms with van der Waals surface area (Å²) in [4.78, 5) is 13.0. The number of carbonyl (C=O) groups excluding carboxylic acids is 1. The molecular formula is C27H31FN2O4S. The fourth-order valence-corrected chi connectivity index (χ4v) is 4.59. The zero-order valence-corrected chi connectivity index (χ0v) is 21.0. The lowest BCUT2D eigenvalue weighted by atomic mass is 10.0. The molecule has 6 nitrogen and oxygen atoms in total. The summed E-state index contributed by atoms with van der Waals surface area (Å²) in [5.74, 6) is -0.225.